The van der Waals surface area contributed by atoms with Crippen LogP contribution in [0.1, 0.15) is 18.5 Å². The van der Waals surface area contributed by atoms with Crippen LogP contribution in [0.5, 0.6) is 0 Å². The fraction of sp³-hybridized carbons (Fsp3) is 0.364. The first-order valence-electron chi connectivity index (χ1n) is 5.28. The lowest BCUT2D eigenvalue weighted by Gasteiger charge is -2.22. The van der Waals surface area contributed by atoms with E-state index in [9.17, 15) is 31.1 Å². The smallest absolute Gasteiger partial charge is 0.379 e. The maximum atomic E-state index is 13.5. The van der Waals surface area contributed by atoms with Crippen molar-refractivity contribution in [2.45, 2.75) is 18.9 Å². The van der Waals surface area contributed by atoms with E-state index in [1.54, 1.807) is 0 Å². The number of hydrogen-bond acceptors (Lipinski definition) is 3. The summed E-state index contributed by atoms with van der Waals surface area (Å²) in [6.45, 7) is 0.770. The number of halogens is 7. The average Bonchev–Trinajstić information content (AvgIpc) is 2.36. The molecule has 0 aliphatic rings. The maximum Gasteiger partial charge on any atom is 0.379 e. The second-order valence-corrected chi connectivity index (χ2v) is 3.70. The third-order valence-electron chi connectivity index (χ3n) is 2.39. The standard InChI is InChI=1S/C11H9F6NO2.ClH/c1-2-20-10(19)11(16,17)9(18)6-7(14)4(12)3-5(13)8(6)15;/h3,9H,2,18H2,1H3;1H/t9-;/m0./s1. The van der Waals surface area contributed by atoms with Crippen LogP contribution in [-0.2, 0) is 9.53 Å². The second kappa shape index (κ2) is 6.99. The van der Waals surface area contributed by atoms with Crippen LogP contribution in [0.4, 0.5) is 26.3 Å². The van der Waals surface area contributed by atoms with E-state index in [1.165, 1.54) is 6.92 Å². The van der Waals surface area contributed by atoms with Crippen molar-refractivity contribution in [3.63, 3.8) is 0 Å². The number of rotatable bonds is 4. The summed E-state index contributed by atoms with van der Waals surface area (Å²) in [5.41, 5.74) is 3.12. The summed E-state index contributed by atoms with van der Waals surface area (Å²) in [4.78, 5) is 11.0. The van der Waals surface area contributed by atoms with Gasteiger partial charge in [-0.05, 0) is 6.92 Å². The monoisotopic (exact) mass is 337 g/mol. The highest BCUT2D eigenvalue weighted by Crippen LogP contribution is 2.35. The first-order chi connectivity index (χ1) is 9.14. The molecule has 21 heavy (non-hydrogen) atoms. The largest absolute Gasteiger partial charge is 0.462 e. The number of hydrogen-bond donors (Lipinski definition) is 1. The number of esters is 1. The fourth-order valence-electron chi connectivity index (χ4n) is 1.40. The summed E-state index contributed by atoms with van der Waals surface area (Å²) in [5, 5.41) is 0. The molecule has 1 atom stereocenters. The third kappa shape index (κ3) is 3.59. The molecule has 0 radical (unpaired) electrons. The van der Waals surface area contributed by atoms with Crippen molar-refractivity contribution in [1.29, 1.82) is 0 Å². The quantitative estimate of drug-likeness (QED) is 0.522. The molecule has 0 spiro atoms. The SMILES string of the molecule is CCOC(=O)C(F)(F)[C@@H](N)c1c(F)c(F)cc(F)c1F.Cl. The van der Waals surface area contributed by atoms with E-state index in [0.717, 1.165) is 0 Å². The molecule has 0 unspecified atom stereocenters. The van der Waals surface area contributed by atoms with E-state index in [2.05, 4.69) is 4.74 Å². The number of carbonyl (C=O) groups excluding carboxylic acids is 1. The average molecular weight is 338 g/mol. The Bertz CT molecular complexity index is 514. The van der Waals surface area contributed by atoms with Crippen LogP contribution in [0.2, 0.25) is 0 Å². The maximum absolute atomic E-state index is 13.5. The Morgan fingerprint density at radius 2 is 1.67 bits per heavy atom. The van der Waals surface area contributed by atoms with Crippen molar-refractivity contribution in [3.05, 3.63) is 34.9 Å². The van der Waals surface area contributed by atoms with Gasteiger partial charge < -0.3 is 10.5 Å². The van der Waals surface area contributed by atoms with Crippen LogP contribution in [0.15, 0.2) is 6.07 Å². The molecular weight excluding hydrogens is 328 g/mol. The molecule has 0 fully saturated rings. The highest BCUT2D eigenvalue weighted by Gasteiger charge is 2.50. The Balaban J connectivity index is 0.00000400. The van der Waals surface area contributed by atoms with E-state index >= 15 is 0 Å². The Hall–Kier alpha value is -1.48. The molecule has 0 saturated heterocycles. The molecule has 1 aromatic carbocycles. The van der Waals surface area contributed by atoms with Crippen LogP contribution >= 0.6 is 12.4 Å². The molecule has 0 saturated carbocycles. The molecule has 2 N–H and O–H groups in total. The van der Waals surface area contributed by atoms with Gasteiger partial charge in [-0.15, -0.1) is 12.4 Å². The van der Waals surface area contributed by atoms with Gasteiger partial charge in [-0.1, -0.05) is 0 Å². The molecule has 0 aliphatic carbocycles. The van der Waals surface area contributed by atoms with Crippen LogP contribution in [0.3, 0.4) is 0 Å². The van der Waals surface area contributed by atoms with Gasteiger partial charge in [-0.3, -0.25) is 0 Å². The molecule has 10 heteroatoms. The van der Waals surface area contributed by atoms with Crippen LogP contribution in [-0.4, -0.2) is 18.5 Å². The van der Waals surface area contributed by atoms with Gasteiger partial charge in [0.2, 0.25) is 0 Å². The summed E-state index contributed by atoms with van der Waals surface area (Å²) in [6, 6.07) is -3.10. The Morgan fingerprint density at radius 3 is 2.05 bits per heavy atom. The van der Waals surface area contributed by atoms with Crippen molar-refractivity contribution >= 4 is 18.4 Å². The van der Waals surface area contributed by atoms with Crippen molar-refractivity contribution in [3.8, 4) is 0 Å². The summed E-state index contributed by atoms with van der Waals surface area (Å²) < 4.78 is 83.5. The van der Waals surface area contributed by atoms with Crippen molar-refractivity contribution in [2.75, 3.05) is 6.61 Å². The minimum absolute atomic E-state index is 0. The molecular formula is C11H10ClF6NO2. The molecule has 0 aliphatic heterocycles. The zero-order chi connectivity index (χ0) is 15.7. The second-order valence-electron chi connectivity index (χ2n) is 3.70. The van der Waals surface area contributed by atoms with Crippen molar-refractivity contribution < 1.29 is 35.9 Å². The Kier molecular flexibility index (Phi) is 6.50. The predicted octanol–water partition coefficient (Wildman–Crippen LogP) is 2.86. The van der Waals surface area contributed by atoms with Crippen LogP contribution < -0.4 is 5.73 Å². The lowest BCUT2D eigenvalue weighted by molar-refractivity contribution is -0.175. The molecule has 0 bridgehead atoms. The highest BCUT2D eigenvalue weighted by molar-refractivity contribution is 5.85. The van der Waals surface area contributed by atoms with E-state index < -0.39 is 53.4 Å². The molecule has 0 heterocycles. The van der Waals surface area contributed by atoms with Gasteiger partial charge in [0.25, 0.3) is 0 Å². The van der Waals surface area contributed by atoms with Gasteiger partial charge >= 0.3 is 11.9 Å². The first kappa shape index (κ1) is 19.5. The zero-order valence-electron chi connectivity index (χ0n) is 10.4. The lowest BCUT2D eigenvalue weighted by Crippen LogP contribution is -2.42. The predicted molar refractivity (Wildman–Crippen MR) is 62.0 cm³/mol. The van der Waals surface area contributed by atoms with Gasteiger partial charge in [0.15, 0.2) is 23.3 Å². The number of carbonyl (C=O) groups is 1. The van der Waals surface area contributed by atoms with Crippen LogP contribution in [0.25, 0.3) is 0 Å². The third-order valence-corrected chi connectivity index (χ3v) is 2.39. The Morgan fingerprint density at radius 1 is 1.24 bits per heavy atom. The molecule has 0 amide bonds. The van der Waals surface area contributed by atoms with Crippen molar-refractivity contribution in [2.24, 2.45) is 5.73 Å². The van der Waals surface area contributed by atoms with Crippen LogP contribution in [0, 0.1) is 23.3 Å². The number of ether oxygens (including phenoxy) is 1. The van der Waals surface area contributed by atoms with Gasteiger partial charge in [0.05, 0.1) is 12.2 Å². The first-order valence-corrected chi connectivity index (χ1v) is 5.28. The summed E-state index contributed by atoms with van der Waals surface area (Å²) >= 11 is 0. The lowest BCUT2D eigenvalue weighted by atomic mass is 9.99. The van der Waals surface area contributed by atoms with Gasteiger partial charge in [0, 0.05) is 6.07 Å². The molecule has 3 nitrogen and oxygen atoms in total. The molecule has 120 valence electrons. The van der Waals surface area contributed by atoms with E-state index in [1.807, 2.05) is 0 Å². The van der Waals surface area contributed by atoms with Gasteiger partial charge in [-0.2, -0.15) is 8.78 Å². The van der Waals surface area contributed by atoms with E-state index in [-0.39, 0.29) is 18.5 Å². The normalized spacial score (nSPS) is 12.6. The Labute approximate surface area is 121 Å². The zero-order valence-corrected chi connectivity index (χ0v) is 11.2. The van der Waals surface area contributed by atoms with Gasteiger partial charge in [-0.25, -0.2) is 22.4 Å². The molecule has 1 aromatic rings. The minimum atomic E-state index is -4.56. The van der Waals surface area contributed by atoms with Gasteiger partial charge in [0.1, 0.15) is 6.04 Å². The topological polar surface area (TPSA) is 52.3 Å². The summed E-state index contributed by atoms with van der Waals surface area (Å²) in [7, 11) is 0. The molecule has 0 aromatic heterocycles. The minimum Gasteiger partial charge on any atom is -0.462 e. The number of nitrogens with two attached hydrogens (primary N) is 1. The number of alkyl halides is 2. The fourth-order valence-corrected chi connectivity index (χ4v) is 1.40. The van der Waals surface area contributed by atoms with Crippen molar-refractivity contribution in [1.82, 2.24) is 0 Å². The van der Waals surface area contributed by atoms with E-state index in [4.69, 9.17) is 5.73 Å². The molecule has 1 rings (SSSR count). The van der Waals surface area contributed by atoms with E-state index in [0.29, 0.717) is 0 Å². The summed E-state index contributed by atoms with van der Waals surface area (Å²) in [5.74, 6) is -14.7. The summed E-state index contributed by atoms with van der Waals surface area (Å²) in [6.07, 6.45) is 0. The number of benzene rings is 1. The highest BCUT2D eigenvalue weighted by atomic mass is 35.5.